The number of aromatic nitrogens is 3. The average Bonchev–Trinajstić information content (AvgIpc) is 2.63. The zero-order valence-electron chi connectivity index (χ0n) is 13.2. The number of hydrogen-bond donors (Lipinski definition) is 2. The summed E-state index contributed by atoms with van der Waals surface area (Å²) in [5.74, 6) is -3.83. The van der Waals surface area contributed by atoms with E-state index in [2.05, 4.69) is 25.8 Å². The number of halogens is 3. The number of rotatable bonds is 5. The van der Waals surface area contributed by atoms with Crippen LogP contribution in [0.4, 0.5) is 30.6 Å². The van der Waals surface area contributed by atoms with Crippen LogP contribution in [0.25, 0.3) is 0 Å². The molecule has 0 saturated heterocycles. The minimum absolute atomic E-state index is 0.0461. The molecule has 0 aliphatic heterocycles. The van der Waals surface area contributed by atoms with Gasteiger partial charge in [-0.15, -0.1) is 5.10 Å². The van der Waals surface area contributed by atoms with Crippen molar-refractivity contribution in [3.8, 4) is 0 Å². The van der Waals surface area contributed by atoms with Gasteiger partial charge in [0.05, 0.1) is 11.9 Å². The first-order valence-electron chi connectivity index (χ1n) is 7.46. The molecule has 1 atom stereocenters. The highest BCUT2D eigenvalue weighted by Crippen LogP contribution is 2.23. The van der Waals surface area contributed by atoms with Crippen LogP contribution in [-0.4, -0.2) is 15.2 Å². The standard InChI is InChI=1S/C17H14F3N5/c1-10(11-5-3-2-4-6-11)22-14-9-21-25-17(24-14)23-13-8-7-12(18)15(19)16(13)20/h2-10H,1H3,(H2,22,23,24,25). The van der Waals surface area contributed by atoms with Gasteiger partial charge in [-0.2, -0.15) is 10.1 Å². The van der Waals surface area contributed by atoms with Crippen molar-refractivity contribution < 1.29 is 13.2 Å². The number of benzene rings is 2. The molecule has 2 aromatic carbocycles. The van der Waals surface area contributed by atoms with Gasteiger partial charge < -0.3 is 10.6 Å². The van der Waals surface area contributed by atoms with Crippen LogP contribution in [0.3, 0.4) is 0 Å². The third-order valence-corrected chi connectivity index (χ3v) is 3.50. The summed E-state index contributed by atoms with van der Waals surface area (Å²) in [6.45, 7) is 1.94. The quantitative estimate of drug-likeness (QED) is 0.679. The third kappa shape index (κ3) is 3.85. The summed E-state index contributed by atoms with van der Waals surface area (Å²) in [6.07, 6.45) is 1.41. The van der Waals surface area contributed by atoms with Crippen molar-refractivity contribution in [1.82, 2.24) is 15.2 Å². The maximum Gasteiger partial charge on any atom is 0.249 e. The second kappa shape index (κ2) is 7.16. The van der Waals surface area contributed by atoms with Gasteiger partial charge in [-0.1, -0.05) is 30.3 Å². The summed E-state index contributed by atoms with van der Waals surface area (Å²) >= 11 is 0. The fourth-order valence-electron chi connectivity index (χ4n) is 2.22. The Labute approximate surface area is 141 Å². The molecule has 0 radical (unpaired) electrons. The minimum Gasteiger partial charge on any atom is -0.362 e. The number of hydrogen-bond acceptors (Lipinski definition) is 5. The topological polar surface area (TPSA) is 62.7 Å². The highest BCUT2D eigenvalue weighted by molar-refractivity contribution is 5.55. The Morgan fingerprint density at radius 3 is 2.48 bits per heavy atom. The molecule has 0 aliphatic carbocycles. The lowest BCUT2D eigenvalue weighted by Crippen LogP contribution is -2.10. The molecule has 0 amide bonds. The molecule has 2 N–H and O–H groups in total. The van der Waals surface area contributed by atoms with E-state index in [1.165, 1.54) is 6.20 Å². The number of anilines is 3. The van der Waals surface area contributed by atoms with Gasteiger partial charge in [0.2, 0.25) is 5.95 Å². The van der Waals surface area contributed by atoms with Crippen LogP contribution in [0.15, 0.2) is 48.7 Å². The summed E-state index contributed by atoms with van der Waals surface area (Å²) in [4.78, 5) is 4.15. The Morgan fingerprint density at radius 2 is 1.72 bits per heavy atom. The molecule has 8 heteroatoms. The summed E-state index contributed by atoms with van der Waals surface area (Å²) in [6, 6.07) is 11.5. The Morgan fingerprint density at radius 1 is 0.960 bits per heavy atom. The van der Waals surface area contributed by atoms with Crippen molar-refractivity contribution in [3.63, 3.8) is 0 Å². The molecular weight excluding hydrogens is 331 g/mol. The van der Waals surface area contributed by atoms with E-state index in [0.29, 0.717) is 5.82 Å². The van der Waals surface area contributed by atoms with E-state index >= 15 is 0 Å². The second-order valence-corrected chi connectivity index (χ2v) is 5.29. The van der Waals surface area contributed by atoms with Crippen LogP contribution in [0.1, 0.15) is 18.5 Å². The number of nitrogens with one attached hydrogen (secondary N) is 2. The molecule has 0 fully saturated rings. The fourth-order valence-corrected chi connectivity index (χ4v) is 2.22. The first-order chi connectivity index (χ1) is 12.0. The first kappa shape index (κ1) is 16.7. The SMILES string of the molecule is CC(Nc1cnnc(Nc2ccc(F)c(F)c2F)n1)c1ccccc1. The van der Waals surface area contributed by atoms with Crippen LogP contribution in [0, 0.1) is 17.5 Å². The molecule has 0 bridgehead atoms. The van der Waals surface area contributed by atoms with Gasteiger partial charge in [0.25, 0.3) is 0 Å². The molecule has 128 valence electrons. The summed E-state index contributed by atoms with van der Waals surface area (Å²) in [5.41, 5.74) is 0.760. The van der Waals surface area contributed by atoms with E-state index in [0.717, 1.165) is 17.7 Å². The molecule has 0 spiro atoms. The first-order valence-corrected chi connectivity index (χ1v) is 7.46. The Kier molecular flexibility index (Phi) is 4.78. The van der Waals surface area contributed by atoms with Crippen molar-refractivity contribution in [2.75, 3.05) is 10.6 Å². The van der Waals surface area contributed by atoms with Crippen molar-refractivity contribution in [2.45, 2.75) is 13.0 Å². The molecule has 1 heterocycles. The van der Waals surface area contributed by atoms with Crippen molar-refractivity contribution in [3.05, 3.63) is 71.7 Å². The van der Waals surface area contributed by atoms with Crippen LogP contribution in [-0.2, 0) is 0 Å². The highest BCUT2D eigenvalue weighted by Gasteiger charge is 2.15. The molecule has 0 saturated carbocycles. The van der Waals surface area contributed by atoms with Gasteiger partial charge in [-0.05, 0) is 24.6 Å². The van der Waals surface area contributed by atoms with Crippen molar-refractivity contribution in [1.29, 1.82) is 0 Å². The van der Waals surface area contributed by atoms with E-state index in [9.17, 15) is 13.2 Å². The third-order valence-electron chi connectivity index (χ3n) is 3.50. The van der Waals surface area contributed by atoms with E-state index in [4.69, 9.17) is 0 Å². The van der Waals surface area contributed by atoms with Crippen molar-refractivity contribution >= 4 is 17.5 Å². The second-order valence-electron chi connectivity index (χ2n) is 5.29. The van der Waals surface area contributed by atoms with Gasteiger partial charge in [0, 0.05) is 6.04 Å². The fraction of sp³-hybridized carbons (Fsp3) is 0.118. The maximum absolute atomic E-state index is 13.7. The largest absolute Gasteiger partial charge is 0.362 e. The van der Waals surface area contributed by atoms with Gasteiger partial charge in [0.15, 0.2) is 23.3 Å². The Balaban J connectivity index is 1.77. The molecular formula is C17H14F3N5. The summed E-state index contributed by atoms with van der Waals surface area (Å²) in [7, 11) is 0. The lowest BCUT2D eigenvalue weighted by atomic mass is 10.1. The molecule has 3 rings (SSSR count). The van der Waals surface area contributed by atoms with Crippen LogP contribution in [0.5, 0.6) is 0 Å². The Bertz CT molecular complexity index is 873. The van der Waals surface area contributed by atoms with E-state index in [1.54, 1.807) is 0 Å². The molecule has 3 aromatic rings. The smallest absolute Gasteiger partial charge is 0.249 e. The highest BCUT2D eigenvalue weighted by atomic mass is 19.2. The lowest BCUT2D eigenvalue weighted by Gasteiger charge is -2.15. The van der Waals surface area contributed by atoms with Gasteiger partial charge >= 0.3 is 0 Å². The molecule has 25 heavy (non-hydrogen) atoms. The van der Waals surface area contributed by atoms with E-state index < -0.39 is 17.5 Å². The predicted molar refractivity (Wildman–Crippen MR) is 87.9 cm³/mol. The predicted octanol–water partition coefficient (Wildman–Crippen LogP) is 4.21. The monoisotopic (exact) mass is 345 g/mol. The molecule has 1 unspecified atom stereocenters. The normalized spacial score (nSPS) is 11.8. The number of nitrogens with zero attached hydrogens (tertiary/aromatic N) is 3. The van der Waals surface area contributed by atoms with Crippen LogP contribution in [0.2, 0.25) is 0 Å². The summed E-state index contributed by atoms with van der Waals surface area (Å²) in [5, 5.41) is 13.1. The zero-order valence-corrected chi connectivity index (χ0v) is 13.2. The van der Waals surface area contributed by atoms with E-state index in [1.807, 2.05) is 37.3 Å². The van der Waals surface area contributed by atoms with Gasteiger partial charge in [-0.25, -0.2) is 13.2 Å². The minimum atomic E-state index is -1.56. The molecule has 0 aliphatic rings. The zero-order chi connectivity index (χ0) is 17.8. The lowest BCUT2D eigenvalue weighted by molar-refractivity contribution is 0.449. The van der Waals surface area contributed by atoms with Crippen molar-refractivity contribution in [2.24, 2.45) is 0 Å². The average molecular weight is 345 g/mol. The summed E-state index contributed by atoms with van der Waals surface area (Å²) < 4.78 is 40.0. The maximum atomic E-state index is 13.7. The molecule has 5 nitrogen and oxygen atoms in total. The van der Waals surface area contributed by atoms with Gasteiger partial charge in [-0.3, -0.25) is 0 Å². The van der Waals surface area contributed by atoms with Gasteiger partial charge in [0.1, 0.15) is 0 Å². The van der Waals surface area contributed by atoms with Crippen LogP contribution >= 0.6 is 0 Å². The molecule has 1 aromatic heterocycles. The van der Waals surface area contributed by atoms with Crippen LogP contribution < -0.4 is 10.6 Å². The van der Waals surface area contributed by atoms with E-state index in [-0.39, 0.29) is 17.7 Å². The Hall–Kier alpha value is -3.16.